The molecule has 0 bridgehead atoms. The number of hydrogen-bond acceptors (Lipinski definition) is 3. The standard InChI is InChI=1S/C16H18BrNO2S/c1-21(19,20)16-9-7-15(8-10-16)18(12-11-17)13-14-5-3-2-4-6-14/h2-10H,11-13H2,1H3. The zero-order valence-corrected chi connectivity index (χ0v) is 14.3. The first-order valence-corrected chi connectivity index (χ1v) is 9.67. The molecule has 0 aliphatic carbocycles. The summed E-state index contributed by atoms with van der Waals surface area (Å²) in [5, 5.41) is 0.855. The predicted octanol–water partition coefficient (Wildman–Crippen LogP) is 3.49. The van der Waals surface area contributed by atoms with Gasteiger partial charge in [-0.25, -0.2) is 8.42 Å². The Morgan fingerprint density at radius 1 is 1.00 bits per heavy atom. The fourth-order valence-electron chi connectivity index (χ4n) is 2.11. The van der Waals surface area contributed by atoms with Crippen LogP contribution in [-0.2, 0) is 16.4 Å². The van der Waals surface area contributed by atoms with Crippen LogP contribution in [0.15, 0.2) is 59.5 Å². The Labute approximate surface area is 134 Å². The van der Waals surface area contributed by atoms with Gasteiger partial charge in [0.1, 0.15) is 0 Å². The molecule has 0 N–H and O–H groups in total. The van der Waals surface area contributed by atoms with Crippen LogP contribution in [0.5, 0.6) is 0 Å². The molecule has 0 saturated carbocycles. The third-order valence-corrected chi connectivity index (χ3v) is 4.68. The fourth-order valence-corrected chi connectivity index (χ4v) is 3.17. The van der Waals surface area contributed by atoms with Crippen molar-refractivity contribution in [2.24, 2.45) is 0 Å². The Kier molecular flexibility index (Phi) is 5.42. The molecule has 5 heteroatoms. The Morgan fingerprint density at radius 3 is 2.14 bits per heavy atom. The number of nitrogens with zero attached hydrogens (tertiary/aromatic N) is 1. The molecular formula is C16H18BrNO2S. The summed E-state index contributed by atoms with van der Waals surface area (Å²) in [6.45, 7) is 1.65. The third-order valence-electron chi connectivity index (χ3n) is 3.20. The second-order valence-corrected chi connectivity index (χ2v) is 7.67. The summed E-state index contributed by atoms with van der Waals surface area (Å²) in [6, 6.07) is 17.3. The van der Waals surface area contributed by atoms with Crippen LogP contribution in [-0.4, -0.2) is 26.5 Å². The van der Waals surface area contributed by atoms with Crippen molar-refractivity contribution in [1.82, 2.24) is 0 Å². The topological polar surface area (TPSA) is 37.4 Å². The molecule has 2 aromatic rings. The van der Waals surface area contributed by atoms with Crippen molar-refractivity contribution in [2.45, 2.75) is 11.4 Å². The number of rotatable bonds is 6. The first-order chi connectivity index (χ1) is 10.0. The van der Waals surface area contributed by atoms with Crippen molar-refractivity contribution in [3.05, 3.63) is 60.2 Å². The molecule has 0 aromatic heterocycles. The molecule has 0 fully saturated rings. The molecule has 2 rings (SSSR count). The van der Waals surface area contributed by atoms with Crippen molar-refractivity contribution < 1.29 is 8.42 Å². The Bertz CT molecular complexity index is 669. The minimum absolute atomic E-state index is 0.352. The summed E-state index contributed by atoms with van der Waals surface area (Å²) in [5.41, 5.74) is 2.25. The highest BCUT2D eigenvalue weighted by molar-refractivity contribution is 9.09. The highest BCUT2D eigenvalue weighted by atomic mass is 79.9. The maximum absolute atomic E-state index is 11.5. The van der Waals surface area contributed by atoms with Crippen molar-refractivity contribution in [2.75, 3.05) is 23.0 Å². The average Bonchev–Trinajstić information content (AvgIpc) is 2.47. The lowest BCUT2D eigenvalue weighted by molar-refractivity contribution is 0.602. The van der Waals surface area contributed by atoms with Gasteiger partial charge in [-0.3, -0.25) is 0 Å². The van der Waals surface area contributed by atoms with E-state index in [0.29, 0.717) is 4.90 Å². The van der Waals surface area contributed by atoms with Crippen LogP contribution in [0.4, 0.5) is 5.69 Å². The highest BCUT2D eigenvalue weighted by Gasteiger charge is 2.10. The summed E-state index contributed by atoms with van der Waals surface area (Å²) < 4.78 is 23.0. The number of alkyl halides is 1. The molecule has 0 amide bonds. The van der Waals surface area contributed by atoms with Gasteiger partial charge in [0.05, 0.1) is 4.90 Å². The first kappa shape index (κ1) is 16.0. The molecular weight excluding hydrogens is 350 g/mol. The van der Waals surface area contributed by atoms with Gasteiger partial charge in [0, 0.05) is 30.4 Å². The minimum atomic E-state index is -3.14. The molecule has 0 spiro atoms. The lowest BCUT2D eigenvalue weighted by Gasteiger charge is -2.24. The Hall–Kier alpha value is -1.33. The van der Waals surface area contributed by atoms with E-state index in [0.717, 1.165) is 24.1 Å². The largest absolute Gasteiger partial charge is 0.366 e. The summed E-state index contributed by atoms with van der Waals surface area (Å²) in [5.74, 6) is 0. The maximum Gasteiger partial charge on any atom is 0.175 e. The number of sulfone groups is 1. The first-order valence-electron chi connectivity index (χ1n) is 6.65. The fraction of sp³-hybridized carbons (Fsp3) is 0.250. The average molecular weight is 368 g/mol. The van der Waals surface area contributed by atoms with E-state index in [9.17, 15) is 8.42 Å². The third kappa shape index (κ3) is 4.58. The van der Waals surface area contributed by atoms with Crippen LogP contribution in [0.2, 0.25) is 0 Å². The molecule has 0 atom stereocenters. The van der Waals surface area contributed by atoms with E-state index < -0.39 is 9.84 Å². The number of benzene rings is 2. The SMILES string of the molecule is CS(=O)(=O)c1ccc(N(CCBr)Cc2ccccc2)cc1. The van der Waals surface area contributed by atoms with E-state index in [4.69, 9.17) is 0 Å². The molecule has 0 aliphatic heterocycles. The van der Waals surface area contributed by atoms with Crippen molar-refractivity contribution in [1.29, 1.82) is 0 Å². The molecule has 3 nitrogen and oxygen atoms in total. The molecule has 21 heavy (non-hydrogen) atoms. The molecule has 2 aromatic carbocycles. The second kappa shape index (κ2) is 7.09. The van der Waals surface area contributed by atoms with E-state index >= 15 is 0 Å². The molecule has 0 radical (unpaired) electrons. The second-order valence-electron chi connectivity index (χ2n) is 4.86. The van der Waals surface area contributed by atoms with Gasteiger partial charge in [0.15, 0.2) is 9.84 Å². The number of halogens is 1. The molecule has 0 aliphatic rings. The quantitative estimate of drug-likeness (QED) is 0.733. The van der Waals surface area contributed by atoms with E-state index in [-0.39, 0.29) is 0 Å². The summed E-state index contributed by atoms with van der Waals surface area (Å²) >= 11 is 3.47. The monoisotopic (exact) mass is 367 g/mol. The van der Waals surface area contributed by atoms with Gasteiger partial charge in [-0.05, 0) is 29.8 Å². The van der Waals surface area contributed by atoms with Crippen molar-refractivity contribution in [3.63, 3.8) is 0 Å². The van der Waals surface area contributed by atoms with E-state index in [2.05, 4.69) is 33.0 Å². The zero-order chi connectivity index (χ0) is 15.3. The Balaban J connectivity index is 2.22. The predicted molar refractivity (Wildman–Crippen MR) is 90.8 cm³/mol. The van der Waals surface area contributed by atoms with Gasteiger partial charge >= 0.3 is 0 Å². The van der Waals surface area contributed by atoms with E-state index in [1.54, 1.807) is 12.1 Å². The summed E-state index contributed by atoms with van der Waals surface area (Å²) in [7, 11) is -3.14. The van der Waals surface area contributed by atoms with Gasteiger partial charge in [-0.1, -0.05) is 46.3 Å². The van der Waals surface area contributed by atoms with Gasteiger partial charge in [-0.15, -0.1) is 0 Å². The molecule has 0 heterocycles. The van der Waals surface area contributed by atoms with Gasteiger partial charge in [0.2, 0.25) is 0 Å². The number of anilines is 1. The van der Waals surface area contributed by atoms with Crippen LogP contribution >= 0.6 is 15.9 Å². The van der Waals surface area contributed by atoms with Gasteiger partial charge in [0.25, 0.3) is 0 Å². The lowest BCUT2D eigenvalue weighted by atomic mass is 10.2. The summed E-state index contributed by atoms with van der Waals surface area (Å²) in [4.78, 5) is 2.57. The van der Waals surface area contributed by atoms with Crippen LogP contribution in [0.1, 0.15) is 5.56 Å². The molecule has 0 unspecified atom stereocenters. The molecule has 0 saturated heterocycles. The van der Waals surface area contributed by atoms with Crippen molar-refractivity contribution in [3.8, 4) is 0 Å². The molecule has 112 valence electrons. The maximum atomic E-state index is 11.5. The van der Waals surface area contributed by atoms with E-state index in [1.807, 2.05) is 30.3 Å². The van der Waals surface area contributed by atoms with Crippen LogP contribution in [0.25, 0.3) is 0 Å². The number of hydrogen-bond donors (Lipinski definition) is 0. The Morgan fingerprint density at radius 2 is 1.62 bits per heavy atom. The van der Waals surface area contributed by atoms with E-state index in [1.165, 1.54) is 11.8 Å². The van der Waals surface area contributed by atoms with Crippen LogP contribution in [0.3, 0.4) is 0 Å². The normalized spacial score (nSPS) is 11.3. The minimum Gasteiger partial charge on any atom is -0.366 e. The van der Waals surface area contributed by atoms with Gasteiger partial charge in [-0.2, -0.15) is 0 Å². The summed E-state index contributed by atoms with van der Waals surface area (Å²) in [6.07, 6.45) is 1.22. The van der Waals surface area contributed by atoms with Crippen LogP contribution in [0, 0.1) is 0 Å². The zero-order valence-electron chi connectivity index (χ0n) is 11.9. The highest BCUT2D eigenvalue weighted by Crippen LogP contribution is 2.20. The van der Waals surface area contributed by atoms with Crippen LogP contribution < -0.4 is 4.90 Å². The van der Waals surface area contributed by atoms with Crippen molar-refractivity contribution >= 4 is 31.5 Å². The lowest BCUT2D eigenvalue weighted by Crippen LogP contribution is -2.24. The smallest absolute Gasteiger partial charge is 0.175 e. The van der Waals surface area contributed by atoms with Gasteiger partial charge < -0.3 is 4.90 Å².